The van der Waals surface area contributed by atoms with E-state index in [-0.39, 0.29) is 36.6 Å². The summed E-state index contributed by atoms with van der Waals surface area (Å²) < 4.78 is 24.1. The van der Waals surface area contributed by atoms with Crippen molar-refractivity contribution in [1.82, 2.24) is 0 Å². The van der Waals surface area contributed by atoms with Crippen LogP contribution in [0.25, 0.3) is 0 Å². The smallest absolute Gasteiger partial charge is 0.102 e. The van der Waals surface area contributed by atoms with E-state index < -0.39 is 0 Å². The molecule has 4 heteroatoms. The molecule has 0 unspecified atom stereocenters. The van der Waals surface area contributed by atoms with Crippen molar-refractivity contribution in [2.75, 3.05) is 13.2 Å². The minimum absolute atomic E-state index is 0.0807. The lowest BCUT2D eigenvalue weighted by Crippen LogP contribution is -2.51. The molecular weight excluding hydrogens is 244 g/mol. The third-order valence-corrected chi connectivity index (χ3v) is 4.69. The molecule has 0 N–H and O–H groups in total. The van der Waals surface area contributed by atoms with Crippen LogP contribution in [0.4, 0.5) is 0 Å². The molecule has 4 aliphatic heterocycles. The first-order chi connectivity index (χ1) is 9.40. The van der Waals surface area contributed by atoms with E-state index in [2.05, 4.69) is 12.2 Å². The molecule has 0 aromatic rings. The van der Waals surface area contributed by atoms with Crippen LogP contribution in [0.2, 0.25) is 0 Å². The van der Waals surface area contributed by atoms with Crippen LogP contribution in [-0.4, -0.2) is 49.8 Å². The molecule has 4 rings (SSSR count). The van der Waals surface area contributed by atoms with Crippen molar-refractivity contribution in [2.45, 2.75) is 68.7 Å². The zero-order valence-corrected chi connectivity index (χ0v) is 11.2. The van der Waals surface area contributed by atoms with Crippen LogP contribution in [0.15, 0.2) is 12.2 Å². The normalized spacial score (nSPS) is 49.7. The van der Waals surface area contributed by atoms with Crippen LogP contribution in [0, 0.1) is 0 Å². The first-order valence-corrected chi connectivity index (χ1v) is 7.62. The summed E-state index contributed by atoms with van der Waals surface area (Å²) in [6.07, 6.45) is 10.7. The predicted octanol–water partition coefficient (Wildman–Crippen LogP) is 1.83. The minimum atomic E-state index is 0.0807. The van der Waals surface area contributed by atoms with Gasteiger partial charge in [-0.1, -0.05) is 12.2 Å². The number of hydrogen-bond donors (Lipinski definition) is 0. The summed E-state index contributed by atoms with van der Waals surface area (Å²) in [6, 6.07) is 0. The number of rotatable bonds is 0. The molecule has 0 spiro atoms. The molecule has 3 fully saturated rings. The van der Waals surface area contributed by atoms with Crippen molar-refractivity contribution in [3.63, 3.8) is 0 Å². The molecular formula is C15H22O4. The van der Waals surface area contributed by atoms with Gasteiger partial charge in [-0.3, -0.25) is 0 Å². The van der Waals surface area contributed by atoms with Crippen LogP contribution in [0.1, 0.15) is 32.1 Å². The predicted molar refractivity (Wildman–Crippen MR) is 69.0 cm³/mol. The highest BCUT2D eigenvalue weighted by atomic mass is 16.6. The molecule has 4 nitrogen and oxygen atoms in total. The Morgan fingerprint density at radius 1 is 0.684 bits per heavy atom. The van der Waals surface area contributed by atoms with E-state index in [4.69, 9.17) is 18.9 Å². The van der Waals surface area contributed by atoms with Crippen molar-refractivity contribution >= 4 is 0 Å². The van der Waals surface area contributed by atoms with E-state index in [9.17, 15) is 0 Å². The summed E-state index contributed by atoms with van der Waals surface area (Å²) in [5, 5.41) is 0. The maximum absolute atomic E-state index is 6.28. The van der Waals surface area contributed by atoms with Gasteiger partial charge in [-0.2, -0.15) is 0 Å². The molecule has 0 aliphatic carbocycles. The molecule has 0 aromatic heterocycles. The van der Waals surface area contributed by atoms with Gasteiger partial charge in [0.05, 0.1) is 24.4 Å². The number of ether oxygens (including phenoxy) is 4. The maximum Gasteiger partial charge on any atom is 0.102 e. The Hall–Kier alpha value is -0.420. The summed E-state index contributed by atoms with van der Waals surface area (Å²) in [4.78, 5) is 0. The van der Waals surface area contributed by atoms with E-state index in [1.165, 1.54) is 0 Å². The van der Waals surface area contributed by atoms with Gasteiger partial charge in [0.25, 0.3) is 0 Å². The Kier molecular flexibility index (Phi) is 3.35. The third-order valence-electron chi connectivity index (χ3n) is 4.69. The molecule has 4 aliphatic rings. The molecule has 0 aromatic carbocycles. The van der Waals surface area contributed by atoms with Gasteiger partial charge in [0.2, 0.25) is 0 Å². The topological polar surface area (TPSA) is 36.9 Å². The number of hydrogen-bond acceptors (Lipinski definition) is 4. The second-order valence-electron chi connectivity index (χ2n) is 6.00. The first kappa shape index (κ1) is 12.3. The van der Waals surface area contributed by atoms with Crippen LogP contribution in [-0.2, 0) is 18.9 Å². The van der Waals surface area contributed by atoms with E-state index in [1.54, 1.807) is 0 Å². The van der Waals surface area contributed by atoms with Gasteiger partial charge in [0.15, 0.2) is 0 Å². The summed E-state index contributed by atoms with van der Waals surface area (Å²) in [5.74, 6) is 0. The Labute approximate surface area is 114 Å². The van der Waals surface area contributed by atoms with E-state index >= 15 is 0 Å². The average Bonchev–Trinajstić information content (AvgIpc) is 2.63. The van der Waals surface area contributed by atoms with Gasteiger partial charge in [-0.15, -0.1) is 0 Å². The molecule has 4 heterocycles. The lowest BCUT2D eigenvalue weighted by atomic mass is 9.93. The molecule has 0 radical (unpaired) electrons. The lowest BCUT2D eigenvalue weighted by Gasteiger charge is -2.43. The SMILES string of the molecule is C1=C[C@H]2OCCC[C@@H]2O[C@@H]2C[C@@H]3OCCC[C@H]3O[C@@H]12. The fourth-order valence-corrected chi connectivity index (χ4v) is 3.69. The van der Waals surface area contributed by atoms with Crippen LogP contribution < -0.4 is 0 Å². The first-order valence-electron chi connectivity index (χ1n) is 7.62. The molecule has 19 heavy (non-hydrogen) atoms. The molecule has 106 valence electrons. The summed E-state index contributed by atoms with van der Waals surface area (Å²) in [7, 11) is 0. The van der Waals surface area contributed by atoms with Gasteiger partial charge in [0, 0.05) is 19.6 Å². The van der Waals surface area contributed by atoms with Crippen molar-refractivity contribution in [1.29, 1.82) is 0 Å². The maximum atomic E-state index is 6.28. The van der Waals surface area contributed by atoms with Crippen LogP contribution in [0.3, 0.4) is 0 Å². The Balaban J connectivity index is 1.51. The zero-order chi connectivity index (χ0) is 12.7. The van der Waals surface area contributed by atoms with Gasteiger partial charge in [0.1, 0.15) is 12.2 Å². The fourth-order valence-electron chi connectivity index (χ4n) is 3.69. The largest absolute Gasteiger partial charge is 0.375 e. The molecule has 0 amide bonds. The second kappa shape index (κ2) is 5.17. The molecule has 3 saturated heterocycles. The summed E-state index contributed by atoms with van der Waals surface area (Å²) >= 11 is 0. The van der Waals surface area contributed by atoms with Gasteiger partial charge in [-0.25, -0.2) is 0 Å². The Morgan fingerprint density at radius 3 is 2.42 bits per heavy atom. The van der Waals surface area contributed by atoms with E-state index in [0.717, 1.165) is 45.3 Å². The zero-order valence-electron chi connectivity index (χ0n) is 11.2. The highest BCUT2D eigenvalue weighted by Crippen LogP contribution is 2.34. The van der Waals surface area contributed by atoms with E-state index in [1.807, 2.05) is 0 Å². The van der Waals surface area contributed by atoms with Crippen molar-refractivity contribution in [3.8, 4) is 0 Å². The summed E-state index contributed by atoms with van der Waals surface area (Å²) in [5.41, 5.74) is 0. The fraction of sp³-hybridized carbons (Fsp3) is 0.867. The van der Waals surface area contributed by atoms with Crippen molar-refractivity contribution in [3.05, 3.63) is 12.2 Å². The molecule has 0 bridgehead atoms. The van der Waals surface area contributed by atoms with Crippen LogP contribution in [0.5, 0.6) is 0 Å². The highest BCUT2D eigenvalue weighted by Gasteiger charge is 2.43. The minimum Gasteiger partial charge on any atom is -0.375 e. The average molecular weight is 266 g/mol. The standard InChI is InChI=1S/C15H22O4/c1-3-11-10(16-7-1)5-6-13-15(19-11)9-14-12(18-13)4-2-8-17-14/h5-6,10-15H,1-4,7-9H2/t10-,11+,12-,13+,14+,15-/m1/s1. The van der Waals surface area contributed by atoms with Gasteiger partial charge in [-0.05, 0) is 25.7 Å². The highest BCUT2D eigenvalue weighted by molar-refractivity contribution is 5.07. The Morgan fingerprint density at radius 2 is 1.47 bits per heavy atom. The number of fused-ring (bicyclic) bond motifs is 3. The van der Waals surface area contributed by atoms with Crippen molar-refractivity contribution < 1.29 is 18.9 Å². The molecule has 6 atom stereocenters. The summed E-state index contributed by atoms with van der Waals surface area (Å²) in [6.45, 7) is 1.71. The third kappa shape index (κ3) is 2.35. The second-order valence-corrected chi connectivity index (χ2v) is 6.00. The van der Waals surface area contributed by atoms with Crippen LogP contribution >= 0.6 is 0 Å². The van der Waals surface area contributed by atoms with E-state index in [0.29, 0.717) is 0 Å². The van der Waals surface area contributed by atoms with Gasteiger partial charge < -0.3 is 18.9 Å². The van der Waals surface area contributed by atoms with Gasteiger partial charge >= 0.3 is 0 Å². The molecule has 0 saturated carbocycles. The Bertz CT molecular complexity index is 356. The van der Waals surface area contributed by atoms with Crippen molar-refractivity contribution in [2.24, 2.45) is 0 Å². The monoisotopic (exact) mass is 266 g/mol. The lowest BCUT2D eigenvalue weighted by molar-refractivity contribution is -0.217. The quantitative estimate of drug-likeness (QED) is 0.627.